The van der Waals surface area contributed by atoms with E-state index in [9.17, 15) is 4.79 Å². The van der Waals surface area contributed by atoms with Gasteiger partial charge in [0.15, 0.2) is 0 Å². The Labute approximate surface area is 145 Å². The summed E-state index contributed by atoms with van der Waals surface area (Å²) in [7, 11) is 1.60. The second-order valence-electron chi connectivity index (χ2n) is 5.79. The van der Waals surface area contributed by atoms with Gasteiger partial charge in [-0.2, -0.15) is 5.06 Å². The summed E-state index contributed by atoms with van der Waals surface area (Å²) in [6.07, 6.45) is 3.84. The second-order valence-corrected chi connectivity index (χ2v) is 5.79. The number of hydrogen-bond acceptors (Lipinski definition) is 3. The number of anilines is 1. The summed E-state index contributed by atoms with van der Waals surface area (Å²) in [6.45, 7) is 0.740. The number of aromatic amines is 1. The molecule has 1 aromatic heterocycles. The number of aromatic nitrogens is 1. The quantitative estimate of drug-likeness (QED) is 0.572. The van der Waals surface area contributed by atoms with Gasteiger partial charge in [0.2, 0.25) is 0 Å². The highest BCUT2D eigenvalue weighted by Gasteiger charge is 2.33. The van der Waals surface area contributed by atoms with E-state index >= 15 is 0 Å². The van der Waals surface area contributed by atoms with Crippen molar-refractivity contribution >= 4 is 34.1 Å². The van der Waals surface area contributed by atoms with Gasteiger partial charge in [-0.25, -0.2) is 0 Å². The lowest BCUT2D eigenvalue weighted by molar-refractivity contribution is -0.120. The summed E-state index contributed by atoms with van der Waals surface area (Å²) >= 11 is 0. The first kappa shape index (κ1) is 15.6. The number of hydrogen-bond donors (Lipinski definition) is 1. The Balaban J connectivity index is 1.75. The van der Waals surface area contributed by atoms with Crippen LogP contribution in [0.4, 0.5) is 5.69 Å². The van der Waals surface area contributed by atoms with E-state index in [4.69, 9.17) is 9.57 Å². The average Bonchev–Trinajstić information content (AvgIpc) is 3.17. The standard InChI is InChI=1S/C20H18N2O3/c1-24-10-11-25-22-19-9-5-3-7-16(19)17(20(22)23)12-14-13-21-18-8-4-2-6-15(14)18/h2-9,12-13,21H,10-11H2,1H3/b17-12+. The molecule has 25 heavy (non-hydrogen) atoms. The van der Waals surface area contributed by atoms with Gasteiger partial charge in [-0.1, -0.05) is 36.4 Å². The first-order valence-corrected chi connectivity index (χ1v) is 8.13. The summed E-state index contributed by atoms with van der Waals surface area (Å²) in [5.74, 6) is -0.164. The number of benzene rings is 2. The van der Waals surface area contributed by atoms with E-state index in [0.717, 1.165) is 27.7 Å². The van der Waals surface area contributed by atoms with Crippen molar-refractivity contribution in [1.29, 1.82) is 0 Å². The number of rotatable bonds is 5. The van der Waals surface area contributed by atoms with Gasteiger partial charge >= 0.3 is 0 Å². The third-order valence-corrected chi connectivity index (χ3v) is 4.26. The van der Waals surface area contributed by atoms with Crippen LogP contribution in [0.15, 0.2) is 54.7 Å². The molecule has 3 aromatic rings. The van der Waals surface area contributed by atoms with E-state index in [2.05, 4.69) is 4.98 Å². The summed E-state index contributed by atoms with van der Waals surface area (Å²) in [5.41, 5.74) is 4.27. The van der Waals surface area contributed by atoms with Crippen molar-refractivity contribution in [1.82, 2.24) is 4.98 Å². The predicted molar refractivity (Wildman–Crippen MR) is 97.9 cm³/mol. The largest absolute Gasteiger partial charge is 0.382 e. The van der Waals surface area contributed by atoms with Gasteiger partial charge in [-0.05, 0) is 18.2 Å². The molecule has 4 rings (SSSR count). The van der Waals surface area contributed by atoms with Crippen molar-refractivity contribution in [2.45, 2.75) is 0 Å². The molecule has 1 amide bonds. The third kappa shape index (κ3) is 2.73. The van der Waals surface area contributed by atoms with Crippen LogP contribution in [0, 0.1) is 0 Å². The lowest BCUT2D eigenvalue weighted by Crippen LogP contribution is -2.28. The zero-order valence-electron chi connectivity index (χ0n) is 13.9. The number of fused-ring (bicyclic) bond motifs is 2. The van der Waals surface area contributed by atoms with E-state index in [1.165, 1.54) is 5.06 Å². The van der Waals surface area contributed by atoms with Crippen molar-refractivity contribution in [2.24, 2.45) is 0 Å². The highest BCUT2D eigenvalue weighted by Crippen LogP contribution is 2.38. The van der Waals surface area contributed by atoms with E-state index in [1.807, 2.05) is 60.8 Å². The fraction of sp³-hybridized carbons (Fsp3) is 0.150. The molecule has 0 spiro atoms. The van der Waals surface area contributed by atoms with E-state index in [-0.39, 0.29) is 5.91 Å². The number of carbonyl (C=O) groups excluding carboxylic acids is 1. The predicted octanol–water partition coefficient (Wildman–Crippen LogP) is 3.63. The number of nitrogens with one attached hydrogen (secondary N) is 1. The van der Waals surface area contributed by atoms with E-state index in [0.29, 0.717) is 18.8 Å². The SMILES string of the molecule is COCCON1C(=O)/C(=C/c2c[nH]c3ccccc23)c2ccccc21. The zero-order chi connectivity index (χ0) is 17.2. The Morgan fingerprint density at radius 3 is 2.76 bits per heavy atom. The van der Waals surface area contributed by atoms with Gasteiger partial charge in [-0.3, -0.25) is 9.63 Å². The Morgan fingerprint density at radius 2 is 1.88 bits per heavy atom. The minimum absolute atomic E-state index is 0.164. The molecule has 0 saturated carbocycles. The molecule has 0 atom stereocenters. The van der Waals surface area contributed by atoms with Crippen molar-refractivity contribution in [2.75, 3.05) is 25.4 Å². The topological polar surface area (TPSA) is 54.6 Å². The minimum atomic E-state index is -0.164. The van der Waals surface area contributed by atoms with Crippen LogP contribution in [0.5, 0.6) is 0 Å². The highest BCUT2D eigenvalue weighted by atomic mass is 16.7. The van der Waals surface area contributed by atoms with Gasteiger partial charge in [0.05, 0.1) is 24.5 Å². The van der Waals surface area contributed by atoms with Crippen molar-refractivity contribution < 1.29 is 14.4 Å². The lowest BCUT2D eigenvalue weighted by Gasteiger charge is -2.15. The van der Waals surface area contributed by atoms with Crippen LogP contribution in [-0.2, 0) is 14.4 Å². The van der Waals surface area contributed by atoms with Crippen molar-refractivity contribution in [3.63, 3.8) is 0 Å². The number of carbonyl (C=O) groups is 1. The minimum Gasteiger partial charge on any atom is -0.382 e. The number of H-pyrrole nitrogens is 1. The monoisotopic (exact) mass is 334 g/mol. The first-order chi connectivity index (χ1) is 12.3. The number of para-hydroxylation sites is 2. The molecule has 2 aromatic carbocycles. The third-order valence-electron chi connectivity index (χ3n) is 4.26. The molecular formula is C20H18N2O3. The molecule has 0 radical (unpaired) electrons. The normalized spacial score (nSPS) is 15.3. The molecule has 1 aliphatic rings. The molecule has 0 aliphatic carbocycles. The van der Waals surface area contributed by atoms with Gasteiger partial charge < -0.3 is 9.72 Å². The molecule has 5 heteroatoms. The average molecular weight is 334 g/mol. The Kier molecular flexibility index (Phi) is 4.09. The van der Waals surface area contributed by atoms with Gasteiger partial charge in [0, 0.05) is 35.3 Å². The summed E-state index contributed by atoms with van der Waals surface area (Å²) in [5, 5.41) is 2.44. The fourth-order valence-corrected chi connectivity index (χ4v) is 3.06. The Hall–Kier alpha value is -2.89. The zero-order valence-corrected chi connectivity index (χ0v) is 13.9. The molecule has 5 nitrogen and oxygen atoms in total. The van der Waals surface area contributed by atoms with Crippen molar-refractivity contribution in [3.8, 4) is 0 Å². The van der Waals surface area contributed by atoms with Gasteiger partial charge in [0.25, 0.3) is 5.91 Å². The Bertz CT molecular complexity index is 958. The van der Waals surface area contributed by atoms with Crippen LogP contribution in [-0.4, -0.2) is 31.2 Å². The molecule has 0 bridgehead atoms. The molecule has 126 valence electrons. The van der Waals surface area contributed by atoms with E-state index < -0.39 is 0 Å². The summed E-state index contributed by atoms with van der Waals surface area (Å²) in [4.78, 5) is 21.8. The van der Waals surface area contributed by atoms with Crippen LogP contribution in [0.1, 0.15) is 11.1 Å². The fourth-order valence-electron chi connectivity index (χ4n) is 3.06. The smallest absolute Gasteiger partial charge is 0.282 e. The van der Waals surface area contributed by atoms with E-state index in [1.54, 1.807) is 7.11 Å². The van der Waals surface area contributed by atoms with Crippen LogP contribution < -0.4 is 5.06 Å². The number of amides is 1. The maximum Gasteiger partial charge on any atom is 0.282 e. The summed E-state index contributed by atoms with van der Waals surface area (Å²) in [6, 6.07) is 15.7. The van der Waals surface area contributed by atoms with Crippen LogP contribution in [0.2, 0.25) is 0 Å². The maximum atomic E-state index is 12.9. The summed E-state index contributed by atoms with van der Waals surface area (Å²) < 4.78 is 5.00. The molecule has 0 saturated heterocycles. The maximum absolute atomic E-state index is 12.9. The van der Waals surface area contributed by atoms with Crippen molar-refractivity contribution in [3.05, 3.63) is 65.9 Å². The lowest BCUT2D eigenvalue weighted by atomic mass is 10.0. The number of hydroxylamine groups is 1. The van der Waals surface area contributed by atoms with Gasteiger partial charge in [0.1, 0.15) is 0 Å². The Morgan fingerprint density at radius 1 is 1.08 bits per heavy atom. The second kappa shape index (κ2) is 6.55. The van der Waals surface area contributed by atoms with Gasteiger partial charge in [-0.15, -0.1) is 0 Å². The molecule has 1 aliphatic heterocycles. The molecule has 2 heterocycles. The number of nitrogens with zero attached hydrogens (tertiary/aromatic N) is 1. The van der Waals surface area contributed by atoms with Crippen LogP contribution >= 0.6 is 0 Å². The molecule has 1 N–H and O–H groups in total. The molecular weight excluding hydrogens is 316 g/mol. The highest BCUT2D eigenvalue weighted by molar-refractivity contribution is 6.35. The molecule has 0 unspecified atom stereocenters. The first-order valence-electron chi connectivity index (χ1n) is 8.13. The molecule has 0 fully saturated rings. The van der Waals surface area contributed by atoms with Crippen LogP contribution in [0.25, 0.3) is 22.6 Å². The van der Waals surface area contributed by atoms with Crippen LogP contribution in [0.3, 0.4) is 0 Å². The number of ether oxygens (including phenoxy) is 1. The number of methoxy groups -OCH3 is 1.